The topological polar surface area (TPSA) is 42.5 Å². The van der Waals surface area contributed by atoms with Gasteiger partial charge in [0.2, 0.25) is 0 Å². The summed E-state index contributed by atoms with van der Waals surface area (Å²) in [7, 11) is 0. The highest BCUT2D eigenvalue weighted by Gasteiger charge is 2.25. The number of ketones is 1. The van der Waals surface area contributed by atoms with Gasteiger partial charge in [0.1, 0.15) is 23.7 Å². The summed E-state index contributed by atoms with van der Waals surface area (Å²) in [6, 6.07) is 23.1. The molecule has 1 aliphatic heterocycles. The average molecular weight is 528 g/mol. The Kier molecular flexibility index (Phi) is 6.20. The molecule has 5 heteroatoms. The summed E-state index contributed by atoms with van der Waals surface area (Å²) in [5.74, 6) is 1.31. The van der Waals surface area contributed by atoms with Crippen LogP contribution in [0.4, 0.5) is 0 Å². The molecule has 0 radical (unpaired) electrons. The van der Waals surface area contributed by atoms with E-state index in [0.29, 0.717) is 41.2 Å². The fourth-order valence-electron chi connectivity index (χ4n) is 4.20. The predicted octanol–water partition coefficient (Wildman–Crippen LogP) is 6.98. The third kappa shape index (κ3) is 4.87. The number of furan rings is 1. The van der Waals surface area contributed by atoms with Crippen molar-refractivity contribution in [3.05, 3.63) is 112 Å². The summed E-state index contributed by atoms with van der Waals surface area (Å²) in [4.78, 5) is 13.7. The van der Waals surface area contributed by atoms with Crippen LogP contribution in [0.25, 0.3) is 11.0 Å². The Bertz CT molecular complexity index is 1460. The molecule has 0 saturated heterocycles. The Hall–Kier alpha value is -3.44. The molecular weight excluding hydrogens is 502 g/mol. The van der Waals surface area contributed by atoms with Gasteiger partial charge in [-0.2, -0.15) is 0 Å². The van der Waals surface area contributed by atoms with E-state index in [-0.39, 0.29) is 11.3 Å². The van der Waals surface area contributed by atoms with Gasteiger partial charge in [0.15, 0.2) is 11.3 Å². The normalized spacial score (nSPS) is 13.3. The number of hydrogen-bond donors (Lipinski definition) is 0. The van der Waals surface area contributed by atoms with Gasteiger partial charge in [0.05, 0.1) is 5.56 Å². The third-order valence-electron chi connectivity index (χ3n) is 6.02. The number of rotatable bonds is 7. The summed E-state index contributed by atoms with van der Waals surface area (Å²) < 4.78 is 15.2. The minimum atomic E-state index is -0.0668. The summed E-state index contributed by atoms with van der Waals surface area (Å²) in [6.45, 7) is 6.88. The molecule has 0 atom stereocenters. The zero-order valence-electron chi connectivity index (χ0n) is 20.0. The minimum Gasteiger partial charge on any atom is -0.486 e. The number of halogens is 1. The molecule has 0 saturated carbocycles. The highest BCUT2D eigenvalue weighted by atomic mass is 79.9. The molecule has 0 fully saturated rings. The molecule has 0 aliphatic carbocycles. The van der Waals surface area contributed by atoms with E-state index in [1.165, 1.54) is 0 Å². The third-order valence-corrected chi connectivity index (χ3v) is 6.52. The van der Waals surface area contributed by atoms with Crippen molar-refractivity contribution in [2.24, 2.45) is 0 Å². The van der Waals surface area contributed by atoms with Crippen LogP contribution in [0.1, 0.15) is 48.0 Å². The second-order valence-electron chi connectivity index (χ2n) is 9.61. The van der Waals surface area contributed by atoms with E-state index < -0.39 is 0 Å². The van der Waals surface area contributed by atoms with Crippen LogP contribution >= 0.6 is 15.9 Å². The zero-order chi connectivity index (χ0) is 24.6. The Morgan fingerprint density at radius 3 is 2.43 bits per heavy atom. The van der Waals surface area contributed by atoms with Crippen molar-refractivity contribution < 1.29 is 18.5 Å². The maximum Gasteiger partial charge on any atom is 0.197 e. The summed E-state index contributed by atoms with van der Waals surface area (Å²) >= 11 is 3.53. The number of nitrogens with zero attached hydrogens (tertiary/aromatic N) is 1. The lowest BCUT2D eigenvalue weighted by molar-refractivity contribution is -0.545. The fraction of sp³-hybridized carbons (Fsp3) is 0.200. The van der Waals surface area contributed by atoms with Crippen LogP contribution in [0.15, 0.2) is 87.9 Å². The maximum atomic E-state index is 13.7. The van der Waals surface area contributed by atoms with Crippen molar-refractivity contribution in [3.63, 3.8) is 0 Å². The standard InChI is InChI=1S/C30H26BrNO3/c1-30(2,3)32-16-15-23(32)19-34-24-12-9-21(10-13-24)29(33)28-25-18-22(31)11-14-26(25)35-27(28)17-20-7-5-4-6-8-20/h4-14,16,18H,17,19H2,1-3H3. The number of ether oxygens (including phenoxy) is 1. The van der Waals surface area contributed by atoms with Crippen LogP contribution in [0, 0.1) is 6.08 Å². The monoisotopic (exact) mass is 527 g/mol. The van der Waals surface area contributed by atoms with Gasteiger partial charge in [-0.25, -0.2) is 0 Å². The smallest absolute Gasteiger partial charge is 0.197 e. The van der Waals surface area contributed by atoms with E-state index >= 15 is 0 Å². The molecule has 1 aromatic heterocycles. The lowest BCUT2D eigenvalue weighted by Gasteiger charge is -2.30. The van der Waals surface area contributed by atoms with Gasteiger partial charge in [0, 0.05) is 27.6 Å². The van der Waals surface area contributed by atoms with E-state index in [1.807, 2.05) is 79.0 Å². The Morgan fingerprint density at radius 1 is 1.03 bits per heavy atom. The average Bonchev–Trinajstić information content (AvgIpc) is 3.14. The van der Waals surface area contributed by atoms with Gasteiger partial charge >= 0.3 is 0 Å². The van der Waals surface area contributed by atoms with Crippen molar-refractivity contribution in [1.82, 2.24) is 0 Å². The van der Waals surface area contributed by atoms with Gasteiger partial charge in [-0.1, -0.05) is 46.3 Å². The summed E-state index contributed by atoms with van der Waals surface area (Å²) in [6.07, 6.45) is 5.68. The largest absolute Gasteiger partial charge is 0.486 e. The number of carbonyl (C=O) groups is 1. The van der Waals surface area contributed by atoms with Crippen LogP contribution in [0.2, 0.25) is 0 Å². The number of carbonyl (C=O) groups excluding carboxylic acids is 1. The van der Waals surface area contributed by atoms with Crippen LogP contribution in [-0.4, -0.2) is 28.2 Å². The van der Waals surface area contributed by atoms with Gasteiger partial charge in [-0.05, 0) is 75.0 Å². The minimum absolute atomic E-state index is 0.0000389. The van der Waals surface area contributed by atoms with Gasteiger partial charge in [-0.3, -0.25) is 9.37 Å². The van der Waals surface area contributed by atoms with E-state index in [9.17, 15) is 4.79 Å². The first-order chi connectivity index (χ1) is 16.8. The quantitative estimate of drug-likeness (QED) is 0.148. The molecule has 176 valence electrons. The molecule has 4 aromatic rings. The Morgan fingerprint density at radius 2 is 1.77 bits per heavy atom. The summed E-state index contributed by atoms with van der Waals surface area (Å²) in [5, 5.41) is 0.807. The van der Waals surface area contributed by atoms with Crippen molar-refractivity contribution >= 4 is 38.4 Å². The van der Waals surface area contributed by atoms with Crippen molar-refractivity contribution in [3.8, 4) is 5.75 Å². The first-order valence-corrected chi connectivity index (χ1v) is 12.4. The van der Waals surface area contributed by atoms with E-state index in [4.69, 9.17) is 9.15 Å². The molecule has 0 spiro atoms. The first-order valence-electron chi connectivity index (χ1n) is 11.6. The molecule has 1 aliphatic rings. The molecule has 2 heterocycles. The van der Waals surface area contributed by atoms with Crippen LogP contribution in [-0.2, 0) is 6.42 Å². The van der Waals surface area contributed by atoms with E-state index in [1.54, 1.807) is 0 Å². The van der Waals surface area contributed by atoms with Gasteiger partial charge in [0.25, 0.3) is 0 Å². The lowest BCUT2D eigenvalue weighted by Crippen LogP contribution is -2.40. The Labute approximate surface area is 213 Å². The van der Waals surface area contributed by atoms with Gasteiger partial charge < -0.3 is 15.2 Å². The number of benzene rings is 3. The van der Waals surface area contributed by atoms with Gasteiger partial charge in [-0.15, -0.1) is 0 Å². The van der Waals surface area contributed by atoms with Crippen molar-refractivity contribution in [2.45, 2.75) is 32.7 Å². The predicted molar refractivity (Wildman–Crippen MR) is 141 cm³/mol. The van der Waals surface area contributed by atoms with Crippen LogP contribution in [0.5, 0.6) is 5.75 Å². The SMILES string of the molecule is CC(C)(C)[N+]1=C(COc2ccc(C(=O)c3c(Cc4ccccc4)oc4ccc(Br)cc34)cc2)[C-]=C1. The number of fused-ring (bicyclic) bond motifs is 1. The first kappa shape index (κ1) is 23.3. The molecule has 5 rings (SSSR count). The van der Waals surface area contributed by atoms with Crippen molar-refractivity contribution in [1.29, 1.82) is 0 Å². The highest BCUT2D eigenvalue weighted by molar-refractivity contribution is 9.10. The molecule has 0 unspecified atom stereocenters. The number of hydrogen-bond acceptors (Lipinski definition) is 3. The summed E-state index contributed by atoms with van der Waals surface area (Å²) in [5.41, 5.74) is 4.00. The molecule has 0 bridgehead atoms. The molecule has 0 amide bonds. The molecule has 0 N–H and O–H groups in total. The maximum absolute atomic E-state index is 13.7. The van der Waals surface area contributed by atoms with Crippen molar-refractivity contribution in [2.75, 3.05) is 6.61 Å². The van der Waals surface area contributed by atoms with E-state index in [2.05, 4.69) is 47.4 Å². The zero-order valence-corrected chi connectivity index (χ0v) is 21.6. The highest BCUT2D eigenvalue weighted by Crippen LogP contribution is 2.32. The molecule has 4 nitrogen and oxygen atoms in total. The fourth-order valence-corrected chi connectivity index (χ4v) is 4.56. The van der Waals surface area contributed by atoms with Crippen LogP contribution in [0.3, 0.4) is 0 Å². The second-order valence-corrected chi connectivity index (χ2v) is 10.5. The molecular formula is C30H26BrNO3. The Balaban J connectivity index is 1.41. The molecule has 3 aromatic carbocycles. The molecule has 35 heavy (non-hydrogen) atoms. The lowest BCUT2D eigenvalue weighted by atomic mass is 9.97. The van der Waals surface area contributed by atoms with E-state index in [0.717, 1.165) is 21.1 Å². The van der Waals surface area contributed by atoms with Crippen LogP contribution < -0.4 is 4.74 Å². The second kappa shape index (κ2) is 9.31.